The van der Waals surface area contributed by atoms with Crippen molar-refractivity contribution in [2.45, 2.75) is 19.3 Å². The number of carbonyl (C=O) groups is 1. The zero-order valence-corrected chi connectivity index (χ0v) is 10.6. The average molecular weight is 302 g/mol. The summed E-state index contributed by atoms with van der Waals surface area (Å²) in [5.74, 6) is -1.76. The van der Waals surface area contributed by atoms with Crippen molar-refractivity contribution in [2.75, 3.05) is 0 Å². The van der Waals surface area contributed by atoms with E-state index >= 15 is 0 Å². The summed E-state index contributed by atoms with van der Waals surface area (Å²) in [6, 6.07) is 2.52. The number of rotatable bonds is 4. The number of halogens is 4. The van der Waals surface area contributed by atoms with Crippen LogP contribution in [-0.4, -0.2) is 20.7 Å². The predicted octanol–water partition coefficient (Wildman–Crippen LogP) is 1.75. The lowest BCUT2D eigenvalue weighted by Gasteiger charge is -2.10. The van der Waals surface area contributed by atoms with E-state index in [1.165, 1.54) is 17.2 Å². The van der Waals surface area contributed by atoms with Gasteiger partial charge in [-0.05, 0) is 17.7 Å². The second kappa shape index (κ2) is 5.90. The standard InChI is InChI=1S/C12H10F4N4O/c13-10-3-8(1-2-9(10)12(14,15)16)4-17-11(21)5-20-6-18-19-7-20/h1-3,6-7H,4-5H2,(H,17,21). The van der Waals surface area contributed by atoms with E-state index in [0.717, 1.165) is 12.1 Å². The van der Waals surface area contributed by atoms with Crippen LogP contribution >= 0.6 is 0 Å². The Balaban J connectivity index is 1.95. The molecule has 0 saturated carbocycles. The van der Waals surface area contributed by atoms with Crippen LogP contribution in [0.15, 0.2) is 30.9 Å². The van der Waals surface area contributed by atoms with Crippen molar-refractivity contribution in [1.29, 1.82) is 0 Å². The van der Waals surface area contributed by atoms with Gasteiger partial charge in [0.15, 0.2) is 0 Å². The van der Waals surface area contributed by atoms with E-state index in [2.05, 4.69) is 15.5 Å². The van der Waals surface area contributed by atoms with Crippen LogP contribution in [0.4, 0.5) is 17.6 Å². The molecule has 0 fully saturated rings. The highest BCUT2D eigenvalue weighted by Crippen LogP contribution is 2.31. The average Bonchev–Trinajstić information content (AvgIpc) is 2.87. The minimum atomic E-state index is -4.74. The molecule has 1 aromatic carbocycles. The quantitative estimate of drug-likeness (QED) is 0.875. The molecule has 1 amide bonds. The largest absolute Gasteiger partial charge is 0.419 e. The van der Waals surface area contributed by atoms with E-state index in [0.29, 0.717) is 6.07 Å². The Morgan fingerprint density at radius 3 is 2.48 bits per heavy atom. The highest BCUT2D eigenvalue weighted by Gasteiger charge is 2.33. The molecule has 0 bridgehead atoms. The Hall–Kier alpha value is -2.45. The molecule has 0 saturated heterocycles. The highest BCUT2D eigenvalue weighted by atomic mass is 19.4. The Kier molecular flexibility index (Phi) is 4.20. The molecule has 21 heavy (non-hydrogen) atoms. The van der Waals surface area contributed by atoms with Crippen molar-refractivity contribution >= 4 is 5.91 Å². The van der Waals surface area contributed by atoms with Crippen molar-refractivity contribution in [3.8, 4) is 0 Å². The Morgan fingerprint density at radius 2 is 1.90 bits per heavy atom. The minimum absolute atomic E-state index is 0.0316. The lowest BCUT2D eigenvalue weighted by molar-refractivity contribution is -0.140. The van der Waals surface area contributed by atoms with Crippen molar-refractivity contribution < 1.29 is 22.4 Å². The molecule has 112 valence electrons. The van der Waals surface area contributed by atoms with Gasteiger partial charge in [0.2, 0.25) is 5.91 Å². The van der Waals surface area contributed by atoms with Gasteiger partial charge in [-0.15, -0.1) is 10.2 Å². The van der Waals surface area contributed by atoms with Crippen LogP contribution in [0, 0.1) is 5.82 Å². The summed E-state index contributed by atoms with van der Waals surface area (Å²) >= 11 is 0. The van der Waals surface area contributed by atoms with Crippen LogP contribution < -0.4 is 5.32 Å². The van der Waals surface area contributed by atoms with E-state index in [9.17, 15) is 22.4 Å². The molecule has 9 heteroatoms. The minimum Gasteiger partial charge on any atom is -0.350 e. The van der Waals surface area contributed by atoms with Crippen molar-refractivity contribution in [3.05, 3.63) is 47.8 Å². The number of alkyl halides is 3. The molecule has 1 aromatic heterocycles. The second-order valence-electron chi connectivity index (χ2n) is 4.22. The van der Waals surface area contributed by atoms with Gasteiger partial charge >= 0.3 is 6.18 Å². The summed E-state index contributed by atoms with van der Waals surface area (Å²) in [6.07, 6.45) is -2.05. The third-order valence-electron chi connectivity index (χ3n) is 2.62. The normalized spacial score (nSPS) is 11.4. The SMILES string of the molecule is O=C(Cn1cnnc1)NCc1ccc(C(F)(F)F)c(F)c1. The smallest absolute Gasteiger partial charge is 0.350 e. The molecule has 0 aliphatic carbocycles. The lowest BCUT2D eigenvalue weighted by atomic mass is 10.1. The molecule has 1 heterocycles. The first-order valence-electron chi connectivity index (χ1n) is 5.81. The monoisotopic (exact) mass is 302 g/mol. The molecule has 0 unspecified atom stereocenters. The van der Waals surface area contributed by atoms with Crippen molar-refractivity contribution in [2.24, 2.45) is 0 Å². The Morgan fingerprint density at radius 1 is 1.24 bits per heavy atom. The number of nitrogens with zero attached hydrogens (tertiary/aromatic N) is 3. The first-order chi connectivity index (χ1) is 9.86. The van der Waals surface area contributed by atoms with Crippen LogP contribution in [-0.2, 0) is 24.1 Å². The summed E-state index contributed by atoms with van der Waals surface area (Å²) in [4.78, 5) is 11.5. The van der Waals surface area contributed by atoms with Gasteiger partial charge in [-0.2, -0.15) is 13.2 Å². The van der Waals surface area contributed by atoms with Crippen LogP contribution in [0.3, 0.4) is 0 Å². The maximum atomic E-state index is 13.3. The van der Waals surface area contributed by atoms with E-state index in [-0.39, 0.29) is 18.7 Å². The van der Waals surface area contributed by atoms with E-state index in [1.54, 1.807) is 0 Å². The van der Waals surface area contributed by atoms with Crippen LogP contribution in [0.5, 0.6) is 0 Å². The topological polar surface area (TPSA) is 59.8 Å². The molecule has 0 radical (unpaired) electrons. The maximum Gasteiger partial charge on any atom is 0.419 e. The fourth-order valence-electron chi connectivity index (χ4n) is 1.62. The van der Waals surface area contributed by atoms with Crippen LogP contribution in [0.25, 0.3) is 0 Å². The van der Waals surface area contributed by atoms with Gasteiger partial charge < -0.3 is 9.88 Å². The summed E-state index contributed by atoms with van der Waals surface area (Å²) in [5, 5.41) is 9.49. The first kappa shape index (κ1) is 14.9. The summed E-state index contributed by atoms with van der Waals surface area (Å²) in [5.41, 5.74) is -1.10. The molecule has 2 aromatic rings. The fourth-order valence-corrected chi connectivity index (χ4v) is 1.62. The molecule has 0 atom stereocenters. The molecule has 2 rings (SSSR count). The molecular formula is C12H10F4N4O. The summed E-state index contributed by atoms with van der Waals surface area (Å²) in [6.45, 7) is -0.105. The van der Waals surface area contributed by atoms with Gasteiger partial charge in [-0.25, -0.2) is 4.39 Å². The third kappa shape index (κ3) is 4.01. The summed E-state index contributed by atoms with van der Waals surface area (Å²) in [7, 11) is 0. The molecule has 5 nitrogen and oxygen atoms in total. The molecule has 0 aliphatic rings. The molecule has 0 spiro atoms. The number of amides is 1. The highest BCUT2D eigenvalue weighted by molar-refractivity contribution is 5.75. The predicted molar refractivity (Wildman–Crippen MR) is 63.3 cm³/mol. The zero-order valence-electron chi connectivity index (χ0n) is 10.6. The molecular weight excluding hydrogens is 292 g/mol. The Bertz CT molecular complexity index is 625. The lowest BCUT2D eigenvalue weighted by Crippen LogP contribution is -2.26. The van der Waals surface area contributed by atoms with E-state index < -0.39 is 23.5 Å². The number of benzene rings is 1. The third-order valence-corrected chi connectivity index (χ3v) is 2.62. The molecule has 1 N–H and O–H groups in total. The zero-order chi connectivity index (χ0) is 15.5. The van der Waals surface area contributed by atoms with Gasteiger partial charge in [0.05, 0.1) is 5.56 Å². The van der Waals surface area contributed by atoms with E-state index in [1.807, 2.05) is 0 Å². The van der Waals surface area contributed by atoms with Crippen molar-refractivity contribution in [1.82, 2.24) is 20.1 Å². The van der Waals surface area contributed by atoms with E-state index in [4.69, 9.17) is 0 Å². The molecule has 0 aliphatic heterocycles. The fraction of sp³-hybridized carbons (Fsp3) is 0.250. The summed E-state index contributed by atoms with van der Waals surface area (Å²) < 4.78 is 51.9. The van der Waals surface area contributed by atoms with Gasteiger partial charge in [-0.3, -0.25) is 4.79 Å². The number of carbonyl (C=O) groups excluding carboxylic acids is 1. The van der Waals surface area contributed by atoms with Gasteiger partial charge in [0.1, 0.15) is 25.0 Å². The van der Waals surface area contributed by atoms with Crippen LogP contribution in [0.2, 0.25) is 0 Å². The number of nitrogens with one attached hydrogen (secondary N) is 1. The number of hydrogen-bond acceptors (Lipinski definition) is 3. The van der Waals surface area contributed by atoms with Gasteiger partial charge in [0, 0.05) is 6.54 Å². The maximum absolute atomic E-state index is 13.3. The Labute approximate surface area is 116 Å². The number of hydrogen-bond donors (Lipinski definition) is 1. The number of aromatic nitrogens is 3. The van der Waals surface area contributed by atoms with Crippen LogP contribution in [0.1, 0.15) is 11.1 Å². The first-order valence-corrected chi connectivity index (χ1v) is 5.81. The van der Waals surface area contributed by atoms with Crippen molar-refractivity contribution in [3.63, 3.8) is 0 Å². The van der Waals surface area contributed by atoms with Gasteiger partial charge in [-0.1, -0.05) is 6.07 Å². The second-order valence-corrected chi connectivity index (χ2v) is 4.22. The van der Waals surface area contributed by atoms with Gasteiger partial charge in [0.25, 0.3) is 0 Å².